The van der Waals surface area contributed by atoms with Crippen LogP contribution in [0.15, 0.2) is 30.3 Å². The fourth-order valence-corrected chi connectivity index (χ4v) is 3.97. The summed E-state index contributed by atoms with van der Waals surface area (Å²) in [5, 5.41) is 6.52. The van der Waals surface area contributed by atoms with Gasteiger partial charge in [0.15, 0.2) is 5.69 Å². The number of hydrogen-bond donors (Lipinski definition) is 1. The number of hydrogen-bond acceptors (Lipinski definition) is 3. The third-order valence-electron chi connectivity index (χ3n) is 5.87. The van der Waals surface area contributed by atoms with Gasteiger partial charge in [-0.15, -0.1) is 0 Å². The molecule has 1 saturated heterocycles. The molecular weight excluding hydrogens is 393 g/mol. The van der Waals surface area contributed by atoms with Crippen LogP contribution in [0.5, 0.6) is 0 Å². The van der Waals surface area contributed by atoms with Crippen molar-refractivity contribution in [1.29, 1.82) is 0 Å². The molecule has 2 fully saturated rings. The fraction of sp³-hybridized carbons (Fsp3) is 0.545. The van der Waals surface area contributed by atoms with Crippen molar-refractivity contribution in [2.75, 3.05) is 18.4 Å². The molecule has 1 aliphatic heterocycles. The molecule has 2 aliphatic rings. The second kappa shape index (κ2) is 8.41. The van der Waals surface area contributed by atoms with E-state index in [1.807, 2.05) is 24.3 Å². The van der Waals surface area contributed by atoms with Crippen molar-refractivity contribution >= 4 is 11.6 Å². The van der Waals surface area contributed by atoms with Crippen LogP contribution in [0.2, 0.25) is 0 Å². The maximum absolute atomic E-state index is 13.1. The Hall–Kier alpha value is -2.35. The van der Waals surface area contributed by atoms with Gasteiger partial charge in [0.25, 0.3) is 0 Å². The number of alkyl halides is 3. The summed E-state index contributed by atoms with van der Waals surface area (Å²) in [7, 11) is 0. The number of rotatable bonds is 6. The number of benzene rings is 1. The monoisotopic (exact) mass is 420 g/mol. The highest BCUT2D eigenvalue weighted by Crippen LogP contribution is 2.43. The Bertz CT molecular complexity index is 881. The Labute approximate surface area is 174 Å². The smallest absolute Gasteiger partial charge is 0.324 e. The number of piperidine rings is 1. The van der Waals surface area contributed by atoms with Gasteiger partial charge in [-0.3, -0.25) is 14.4 Å². The summed E-state index contributed by atoms with van der Waals surface area (Å²) in [6, 6.07) is 7.91. The average molecular weight is 420 g/mol. The van der Waals surface area contributed by atoms with Gasteiger partial charge in [0.05, 0.1) is 0 Å². The predicted molar refractivity (Wildman–Crippen MR) is 108 cm³/mol. The molecular formula is C22H27F3N4O. The van der Waals surface area contributed by atoms with Gasteiger partial charge in [0, 0.05) is 23.8 Å². The van der Waals surface area contributed by atoms with Gasteiger partial charge in [-0.2, -0.15) is 18.3 Å². The van der Waals surface area contributed by atoms with Crippen LogP contribution in [0.4, 0.5) is 18.9 Å². The number of amides is 1. The summed E-state index contributed by atoms with van der Waals surface area (Å²) in [4.78, 5) is 15.1. The molecule has 0 radical (unpaired) electrons. The lowest BCUT2D eigenvalue weighted by molar-refractivity contribution is -0.141. The summed E-state index contributed by atoms with van der Waals surface area (Å²) in [5.41, 5.74) is 1.36. The predicted octanol–water partition coefficient (Wildman–Crippen LogP) is 4.96. The zero-order valence-corrected chi connectivity index (χ0v) is 17.1. The van der Waals surface area contributed by atoms with Gasteiger partial charge in [-0.1, -0.05) is 18.6 Å². The van der Waals surface area contributed by atoms with E-state index in [2.05, 4.69) is 15.3 Å². The number of anilines is 1. The second-order valence-electron chi connectivity index (χ2n) is 8.37. The number of likely N-dealkylation sites (tertiary alicyclic amines) is 1. The zero-order valence-electron chi connectivity index (χ0n) is 17.1. The van der Waals surface area contributed by atoms with Crippen LogP contribution in [-0.4, -0.2) is 33.7 Å². The molecule has 30 heavy (non-hydrogen) atoms. The Kier molecular flexibility index (Phi) is 5.86. The van der Waals surface area contributed by atoms with Crippen LogP contribution in [0, 0.1) is 0 Å². The molecule has 1 saturated carbocycles. The average Bonchev–Trinajstić information content (AvgIpc) is 3.46. The van der Waals surface area contributed by atoms with E-state index in [1.54, 1.807) is 6.92 Å². The topological polar surface area (TPSA) is 50.2 Å². The molecule has 8 heteroatoms. The maximum atomic E-state index is 13.1. The summed E-state index contributed by atoms with van der Waals surface area (Å²) in [5.74, 6) is -0.324. The minimum Gasteiger partial charge on any atom is -0.324 e. The van der Waals surface area contributed by atoms with E-state index in [0.29, 0.717) is 11.4 Å². The number of aromatic nitrogens is 2. The first-order chi connectivity index (χ1) is 14.3. The minimum atomic E-state index is -4.52. The minimum absolute atomic E-state index is 0.0536. The molecule has 0 bridgehead atoms. The van der Waals surface area contributed by atoms with Crippen molar-refractivity contribution < 1.29 is 18.0 Å². The van der Waals surface area contributed by atoms with E-state index in [4.69, 9.17) is 0 Å². The zero-order chi connectivity index (χ0) is 21.3. The van der Waals surface area contributed by atoms with Crippen LogP contribution in [0.1, 0.15) is 67.9 Å². The largest absolute Gasteiger partial charge is 0.435 e. The molecule has 162 valence electrons. The van der Waals surface area contributed by atoms with Gasteiger partial charge >= 0.3 is 6.18 Å². The molecule has 1 amide bonds. The Morgan fingerprint density at radius 1 is 1.17 bits per heavy atom. The molecule has 1 unspecified atom stereocenters. The normalized spacial score (nSPS) is 18.9. The number of nitrogens with zero attached hydrogens (tertiary/aromatic N) is 3. The summed E-state index contributed by atoms with van der Waals surface area (Å²) < 4.78 is 40.5. The molecule has 4 rings (SSSR count). The lowest BCUT2D eigenvalue weighted by Crippen LogP contribution is -2.29. The molecule has 1 N–H and O–H groups in total. The van der Waals surface area contributed by atoms with Crippen LogP contribution in [0.3, 0.4) is 0 Å². The van der Waals surface area contributed by atoms with Gasteiger partial charge in [-0.05, 0) is 69.5 Å². The SMILES string of the molecule is CC(C(=O)Nc1ccc(CN2CCCCC2)cc1)n1nc(C(F)(F)F)cc1C1CC1. The van der Waals surface area contributed by atoms with E-state index in [0.717, 1.165) is 38.5 Å². The number of nitrogens with one attached hydrogen (secondary N) is 1. The van der Waals surface area contributed by atoms with Crippen molar-refractivity contribution in [2.45, 2.75) is 63.7 Å². The summed E-state index contributed by atoms with van der Waals surface area (Å²) in [6.45, 7) is 4.70. The second-order valence-corrected chi connectivity index (χ2v) is 8.37. The quantitative estimate of drug-likeness (QED) is 0.718. The molecule has 5 nitrogen and oxygen atoms in total. The maximum Gasteiger partial charge on any atom is 0.435 e. The molecule has 1 aromatic carbocycles. The number of halogens is 3. The van der Waals surface area contributed by atoms with Crippen molar-refractivity contribution in [3.8, 4) is 0 Å². The lowest BCUT2D eigenvalue weighted by Gasteiger charge is -2.26. The lowest BCUT2D eigenvalue weighted by atomic mass is 10.1. The fourth-order valence-electron chi connectivity index (χ4n) is 3.97. The molecule has 1 aliphatic carbocycles. The van der Waals surface area contributed by atoms with Crippen LogP contribution in [0.25, 0.3) is 0 Å². The summed E-state index contributed by atoms with van der Waals surface area (Å²) in [6.07, 6.45) is 0.903. The van der Waals surface area contributed by atoms with Crippen LogP contribution in [-0.2, 0) is 17.5 Å². The summed E-state index contributed by atoms with van der Waals surface area (Å²) >= 11 is 0. The molecule has 2 aromatic rings. The van der Waals surface area contributed by atoms with Gasteiger partial charge in [0.2, 0.25) is 5.91 Å². The Morgan fingerprint density at radius 2 is 1.83 bits per heavy atom. The number of carbonyl (C=O) groups excluding carboxylic acids is 1. The third-order valence-corrected chi connectivity index (χ3v) is 5.87. The first-order valence-corrected chi connectivity index (χ1v) is 10.6. The third kappa shape index (κ3) is 4.86. The highest BCUT2D eigenvalue weighted by molar-refractivity contribution is 5.93. The van der Waals surface area contributed by atoms with Gasteiger partial charge in [-0.25, -0.2) is 0 Å². The van der Waals surface area contributed by atoms with Gasteiger partial charge < -0.3 is 5.32 Å². The highest BCUT2D eigenvalue weighted by atomic mass is 19.4. The van der Waals surface area contributed by atoms with E-state index in [-0.39, 0.29) is 11.8 Å². The molecule has 1 aromatic heterocycles. The van der Waals surface area contributed by atoms with Crippen LogP contribution >= 0.6 is 0 Å². The first kappa shape index (κ1) is 20.9. The van der Waals surface area contributed by atoms with Crippen molar-refractivity contribution in [2.24, 2.45) is 0 Å². The Morgan fingerprint density at radius 3 is 2.43 bits per heavy atom. The molecule has 0 spiro atoms. The van der Waals surface area contributed by atoms with Crippen molar-refractivity contribution in [1.82, 2.24) is 14.7 Å². The standard InChI is InChI=1S/C22H27F3N4O/c1-15(29-19(17-7-8-17)13-20(27-29)22(23,24)25)21(30)26-18-9-5-16(6-10-18)14-28-11-3-2-4-12-28/h5-6,9-10,13,15,17H,2-4,7-8,11-12,14H2,1H3,(H,26,30). The molecule has 2 heterocycles. The van der Waals surface area contributed by atoms with E-state index in [1.165, 1.54) is 29.5 Å². The highest BCUT2D eigenvalue weighted by Gasteiger charge is 2.39. The van der Waals surface area contributed by atoms with Gasteiger partial charge in [0.1, 0.15) is 6.04 Å². The van der Waals surface area contributed by atoms with E-state index in [9.17, 15) is 18.0 Å². The van der Waals surface area contributed by atoms with Crippen molar-refractivity contribution in [3.05, 3.63) is 47.3 Å². The van der Waals surface area contributed by atoms with Crippen LogP contribution < -0.4 is 5.32 Å². The van der Waals surface area contributed by atoms with Crippen molar-refractivity contribution in [3.63, 3.8) is 0 Å². The number of carbonyl (C=O) groups is 1. The van der Waals surface area contributed by atoms with E-state index >= 15 is 0 Å². The Balaban J connectivity index is 1.41. The molecule has 1 atom stereocenters. The first-order valence-electron chi connectivity index (χ1n) is 10.6. The van der Waals surface area contributed by atoms with E-state index < -0.39 is 17.9 Å².